The van der Waals surface area contributed by atoms with Crippen molar-refractivity contribution >= 4 is 11.6 Å². The van der Waals surface area contributed by atoms with Crippen molar-refractivity contribution in [2.45, 2.75) is 32.7 Å². The van der Waals surface area contributed by atoms with Crippen molar-refractivity contribution in [2.24, 2.45) is 0 Å². The molecule has 2 heterocycles. The molecule has 2 aliphatic rings. The van der Waals surface area contributed by atoms with E-state index in [1.807, 2.05) is 25.1 Å². The second-order valence-electron chi connectivity index (χ2n) is 7.06. The molecule has 4 rings (SSSR count). The van der Waals surface area contributed by atoms with Crippen LogP contribution in [0, 0.1) is 6.92 Å². The number of hydrogen-bond acceptors (Lipinski definition) is 4. The summed E-state index contributed by atoms with van der Waals surface area (Å²) in [7, 11) is 0. The number of hydrogen-bond donors (Lipinski definition) is 1. The van der Waals surface area contributed by atoms with Crippen LogP contribution in [0.1, 0.15) is 36.1 Å². The molecular formula is C21H24N2O3. The summed E-state index contributed by atoms with van der Waals surface area (Å²) in [5.41, 5.74) is 4.81. The molecule has 0 radical (unpaired) electrons. The summed E-state index contributed by atoms with van der Waals surface area (Å²) in [5, 5.41) is 3.10. The fraction of sp³-hybridized carbons (Fsp3) is 0.381. The zero-order valence-electron chi connectivity index (χ0n) is 15.2. The highest BCUT2D eigenvalue weighted by molar-refractivity contribution is 5.82. The molecule has 2 aromatic rings. The van der Waals surface area contributed by atoms with Crippen LogP contribution in [0.15, 0.2) is 36.4 Å². The molecule has 1 atom stereocenters. The lowest BCUT2D eigenvalue weighted by atomic mass is 9.99. The van der Waals surface area contributed by atoms with Crippen molar-refractivity contribution in [2.75, 3.05) is 24.8 Å². The zero-order chi connectivity index (χ0) is 18.1. The van der Waals surface area contributed by atoms with Gasteiger partial charge in [0.15, 0.2) is 11.5 Å². The molecule has 0 bridgehead atoms. The average molecular weight is 352 g/mol. The molecule has 0 fully saturated rings. The van der Waals surface area contributed by atoms with Gasteiger partial charge in [-0.15, -0.1) is 0 Å². The third-order valence-corrected chi connectivity index (χ3v) is 5.06. The normalized spacial score (nSPS) is 16.2. The highest BCUT2D eigenvalue weighted by atomic mass is 16.7. The lowest BCUT2D eigenvalue weighted by molar-refractivity contribution is -0.120. The Labute approximate surface area is 153 Å². The number of ether oxygens (including phenoxy) is 2. The summed E-state index contributed by atoms with van der Waals surface area (Å²) in [6.07, 6.45) is 2.17. The molecule has 5 nitrogen and oxygen atoms in total. The van der Waals surface area contributed by atoms with Crippen LogP contribution in [0.3, 0.4) is 0 Å². The molecule has 26 heavy (non-hydrogen) atoms. The van der Waals surface area contributed by atoms with Gasteiger partial charge in [-0.05, 0) is 56.0 Å². The molecule has 0 saturated heterocycles. The lowest BCUT2D eigenvalue weighted by Gasteiger charge is -2.31. The van der Waals surface area contributed by atoms with Crippen LogP contribution in [0.5, 0.6) is 11.5 Å². The van der Waals surface area contributed by atoms with Crippen molar-refractivity contribution in [3.63, 3.8) is 0 Å². The first-order valence-corrected chi connectivity index (χ1v) is 9.13. The molecule has 0 spiro atoms. The van der Waals surface area contributed by atoms with Gasteiger partial charge in [-0.25, -0.2) is 0 Å². The maximum Gasteiger partial charge on any atom is 0.239 e. The van der Waals surface area contributed by atoms with Crippen LogP contribution < -0.4 is 19.7 Å². The van der Waals surface area contributed by atoms with Gasteiger partial charge in [-0.1, -0.05) is 23.8 Å². The largest absolute Gasteiger partial charge is 0.454 e. The standard InChI is InChI=1S/C21H24N2O3/c1-14-5-7-18-17(10-14)4-3-9-23(18)12-21(24)22-15(2)16-6-8-19-20(11-16)26-13-25-19/h5-8,10-11,15H,3-4,9,12-13H2,1-2H3,(H,22,24)/t15-/m0/s1. The Kier molecular flexibility index (Phi) is 4.45. The van der Waals surface area contributed by atoms with Gasteiger partial charge in [-0.3, -0.25) is 4.79 Å². The van der Waals surface area contributed by atoms with Crippen molar-refractivity contribution in [3.05, 3.63) is 53.1 Å². The second-order valence-corrected chi connectivity index (χ2v) is 7.06. The molecule has 0 saturated carbocycles. The van der Waals surface area contributed by atoms with Gasteiger partial charge >= 0.3 is 0 Å². The summed E-state index contributed by atoms with van der Waals surface area (Å²) in [6.45, 7) is 5.65. The Balaban J connectivity index is 1.41. The van der Waals surface area contributed by atoms with Gasteiger partial charge in [0.25, 0.3) is 0 Å². The number of carbonyl (C=O) groups is 1. The van der Waals surface area contributed by atoms with E-state index in [2.05, 4.69) is 35.3 Å². The number of carbonyl (C=O) groups excluding carboxylic acids is 1. The van der Waals surface area contributed by atoms with Crippen LogP contribution in [-0.2, 0) is 11.2 Å². The third-order valence-electron chi connectivity index (χ3n) is 5.06. The predicted molar refractivity (Wildman–Crippen MR) is 101 cm³/mol. The Morgan fingerprint density at radius 1 is 1.19 bits per heavy atom. The highest BCUT2D eigenvalue weighted by Gasteiger charge is 2.21. The number of benzene rings is 2. The van der Waals surface area contributed by atoms with E-state index >= 15 is 0 Å². The van der Waals surface area contributed by atoms with E-state index in [-0.39, 0.29) is 18.7 Å². The molecule has 0 aliphatic carbocycles. The number of fused-ring (bicyclic) bond motifs is 2. The second kappa shape index (κ2) is 6.90. The van der Waals surface area contributed by atoms with Gasteiger partial charge in [0.1, 0.15) is 0 Å². The van der Waals surface area contributed by atoms with Crippen LogP contribution in [0.25, 0.3) is 0 Å². The Morgan fingerprint density at radius 3 is 2.92 bits per heavy atom. The van der Waals surface area contributed by atoms with Gasteiger partial charge < -0.3 is 19.7 Å². The van der Waals surface area contributed by atoms with E-state index in [1.54, 1.807) is 0 Å². The molecule has 1 amide bonds. The van der Waals surface area contributed by atoms with E-state index in [1.165, 1.54) is 16.8 Å². The van der Waals surface area contributed by atoms with Gasteiger partial charge in [0.2, 0.25) is 12.7 Å². The minimum atomic E-state index is -0.0840. The molecule has 5 heteroatoms. The molecular weight excluding hydrogens is 328 g/mol. The minimum absolute atomic E-state index is 0.0311. The molecule has 0 aromatic heterocycles. The zero-order valence-corrected chi connectivity index (χ0v) is 15.2. The monoisotopic (exact) mass is 352 g/mol. The highest BCUT2D eigenvalue weighted by Crippen LogP contribution is 2.34. The lowest BCUT2D eigenvalue weighted by Crippen LogP contribution is -2.40. The first-order valence-electron chi connectivity index (χ1n) is 9.13. The summed E-state index contributed by atoms with van der Waals surface area (Å²) in [5.74, 6) is 1.53. The maximum atomic E-state index is 12.6. The minimum Gasteiger partial charge on any atom is -0.454 e. The van der Waals surface area contributed by atoms with Crippen molar-refractivity contribution < 1.29 is 14.3 Å². The van der Waals surface area contributed by atoms with Gasteiger partial charge in [0.05, 0.1) is 12.6 Å². The Bertz CT molecular complexity index is 834. The predicted octanol–water partition coefficient (Wildman–Crippen LogP) is 3.35. The first kappa shape index (κ1) is 16.8. The molecule has 2 aromatic carbocycles. The fourth-order valence-corrected chi connectivity index (χ4v) is 3.69. The number of nitrogens with one attached hydrogen (secondary N) is 1. The SMILES string of the molecule is Cc1ccc2c(c1)CCCN2CC(=O)N[C@@H](C)c1ccc2c(c1)OCO2. The maximum absolute atomic E-state index is 12.6. The van der Waals surface area contributed by atoms with Crippen LogP contribution in [-0.4, -0.2) is 25.8 Å². The van der Waals surface area contributed by atoms with Crippen LogP contribution in [0.2, 0.25) is 0 Å². The number of rotatable bonds is 4. The molecule has 136 valence electrons. The summed E-state index contributed by atoms with van der Waals surface area (Å²) >= 11 is 0. The van der Waals surface area contributed by atoms with Gasteiger partial charge in [0, 0.05) is 12.2 Å². The van der Waals surface area contributed by atoms with Crippen molar-refractivity contribution in [3.8, 4) is 11.5 Å². The van der Waals surface area contributed by atoms with Crippen LogP contribution >= 0.6 is 0 Å². The average Bonchev–Trinajstić information content (AvgIpc) is 3.09. The third kappa shape index (κ3) is 3.34. The summed E-state index contributed by atoms with van der Waals surface area (Å²) < 4.78 is 10.8. The fourth-order valence-electron chi connectivity index (χ4n) is 3.69. The van der Waals surface area contributed by atoms with E-state index < -0.39 is 0 Å². The van der Waals surface area contributed by atoms with E-state index in [9.17, 15) is 4.79 Å². The number of nitrogens with zero attached hydrogens (tertiary/aromatic N) is 1. The van der Waals surface area contributed by atoms with E-state index in [4.69, 9.17) is 9.47 Å². The first-order chi connectivity index (χ1) is 12.6. The quantitative estimate of drug-likeness (QED) is 0.917. The Morgan fingerprint density at radius 2 is 2.04 bits per heavy atom. The topological polar surface area (TPSA) is 50.8 Å². The van der Waals surface area contributed by atoms with E-state index in [0.29, 0.717) is 6.54 Å². The van der Waals surface area contributed by atoms with Crippen molar-refractivity contribution in [1.82, 2.24) is 5.32 Å². The van der Waals surface area contributed by atoms with Crippen molar-refractivity contribution in [1.29, 1.82) is 0 Å². The van der Waals surface area contributed by atoms with Gasteiger partial charge in [-0.2, -0.15) is 0 Å². The number of aryl methyl sites for hydroxylation is 2. The van der Waals surface area contributed by atoms with Crippen LogP contribution in [0.4, 0.5) is 5.69 Å². The van der Waals surface area contributed by atoms with E-state index in [0.717, 1.165) is 36.4 Å². The molecule has 1 N–H and O–H groups in total. The number of amides is 1. The smallest absolute Gasteiger partial charge is 0.239 e. The summed E-state index contributed by atoms with van der Waals surface area (Å²) in [4.78, 5) is 14.8. The Hall–Kier alpha value is -2.69. The number of anilines is 1. The summed E-state index contributed by atoms with van der Waals surface area (Å²) in [6, 6.07) is 12.2. The molecule has 2 aliphatic heterocycles. The molecule has 0 unspecified atom stereocenters.